The van der Waals surface area contributed by atoms with E-state index < -0.39 is 0 Å². The SMILES string of the molecule is NC(CNC(=O)NCCc1ccc(F)cc1)Cc1ccc(O)cc1. The summed E-state index contributed by atoms with van der Waals surface area (Å²) in [5.41, 5.74) is 7.94. The van der Waals surface area contributed by atoms with Crippen LogP contribution in [-0.4, -0.2) is 30.3 Å². The molecule has 0 bridgehead atoms. The number of carbonyl (C=O) groups is 1. The molecule has 0 saturated heterocycles. The predicted molar refractivity (Wildman–Crippen MR) is 91.3 cm³/mol. The number of nitrogens with one attached hydrogen (secondary N) is 2. The Kier molecular flexibility index (Phi) is 6.57. The van der Waals surface area contributed by atoms with E-state index in [4.69, 9.17) is 5.73 Å². The Bertz CT molecular complexity index is 644. The summed E-state index contributed by atoms with van der Waals surface area (Å²) < 4.78 is 12.8. The van der Waals surface area contributed by atoms with Crippen molar-refractivity contribution in [1.29, 1.82) is 0 Å². The highest BCUT2D eigenvalue weighted by atomic mass is 19.1. The van der Waals surface area contributed by atoms with Gasteiger partial charge in [0, 0.05) is 19.1 Å². The first kappa shape index (κ1) is 17.7. The number of amides is 2. The Balaban J connectivity index is 1.63. The average Bonchev–Trinajstić information content (AvgIpc) is 2.57. The van der Waals surface area contributed by atoms with Gasteiger partial charge in [-0.2, -0.15) is 0 Å². The Labute approximate surface area is 140 Å². The third kappa shape index (κ3) is 6.26. The fourth-order valence-electron chi connectivity index (χ4n) is 2.26. The molecule has 2 rings (SSSR count). The van der Waals surface area contributed by atoms with Gasteiger partial charge >= 0.3 is 6.03 Å². The highest BCUT2D eigenvalue weighted by molar-refractivity contribution is 5.73. The molecular weight excluding hydrogens is 309 g/mol. The van der Waals surface area contributed by atoms with Crippen LogP contribution in [0.4, 0.5) is 9.18 Å². The number of phenolic OH excluding ortho intramolecular Hbond substituents is 1. The van der Waals surface area contributed by atoms with Crippen molar-refractivity contribution >= 4 is 6.03 Å². The lowest BCUT2D eigenvalue weighted by molar-refractivity contribution is 0.240. The van der Waals surface area contributed by atoms with Crippen LogP contribution in [-0.2, 0) is 12.8 Å². The molecule has 0 aliphatic heterocycles. The number of urea groups is 1. The highest BCUT2D eigenvalue weighted by Crippen LogP contribution is 2.10. The third-order valence-electron chi connectivity index (χ3n) is 3.57. The number of rotatable bonds is 7. The topological polar surface area (TPSA) is 87.4 Å². The average molecular weight is 331 g/mol. The Morgan fingerprint density at radius 1 is 1.04 bits per heavy atom. The van der Waals surface area contributed by atoms with Crippen LogP contribution in [0.25, 0.3) is 0 Å². The second-order valence-corrected chi connectivity index (χ2v) is 5.64. The molecular formula is C18H22FN3O2. The number of hydrogen-bond acceptors (Lipinski definition) is 3. The number of benzene rings is 2. The molecule has 0 heterocycles. The second kappa shape index (κ2) is 8.88. The van der Waals surface area contributed by atoms with Crippen molar-refractivity contribution in [3.8, 4) is 5.75 Å². The maximum absolute atomic E-state index is 12.8. The molecule has 1 atom stereocenters. The number of nitrogens with two attached hydrogens (primary N) is 1. The molecule has 0 radical (unpaired) electrons. The van der Waals surface area contributed by atoms with Crippen LogP contribution in [0, 0.1) is 5.82 Å². The molecule has 5 nitrogen and oxygen atoms in total. The first-order chi connectivity index (χ1) is 11.5. The Hall–Kier alpha value is -2.60. The quantitative estimate of drug-likeness (QED) is 0.625. The molecule has 0 aliphatic carbocycles. The molecule has 2 amide bonds. The summed E-state index contributed by atoms with van der Waals surface area (Å²) in [7, 11) is 0. The van der Waals surface area contributed by atoms with Gasteiger partial charge in [-0.05, 0) is 48.2 Å². The summed E-state index contributed by atoms with van der Waals surface area (Å²) >= 11 is 0. The summed E-state index contributed by atoms with van der Waals surface area (Å²) in [6.07, 6.45) is 1.24. The van der Waals surface area contributed by atoms with E-state index in [1.165, 1.54) is 12.1 Å². The van der Waals surface area contributed by atoms with Gasteiger partial charge < -0.3 is 21.5 Å². The molecule has 24 heavy (non-hydrogen) atoms. The van der Waals surface area contributed by atoms with Crippen molar-refractivity contribution in [1.82, 2.24) is 10.6 Å². The van der Waals surface area contributed by atoms with E-state index in [2.05, 4.69) is 10.6 Å². The van der Waals surface area contributed by atoms with Crippen molar-refractivity contribution < 1.29 is 14.3 Å². The van der Waals surface area contributed by atoms with Crippen molar-refractivity contribution in [2.24, 2.45) is 5.73 Å². The van der Waals surface area contributed by atoms with Crippen LogP contribution < -0.4 is 16.4 Å². The number of halogens is 1. The van der Waals surface area contributed by atoms with Crippen molar-refractivity contribution in [3.05, 3.63) is 65.5 Å². The van der Waals surface area contributed by atoms with Crippen molar-refractivity contribution in [2.75, 3.05) is 13.1 Å². The normalized spacial score (nSPS) is 11.8. The van der Waals surface area contributed by atoms with Crippen molar-refractivity contribution in [3.63, 3.8) is 0 Å². The van der Waals surface area contributed by atoms with Gasteiger partial charge in [-0.25, -0.2) is 9.18 Å². The molecule has 0 saturated carbocycles. The summed E-state index contributed by atoms with van der Waals surface area (Å²) in [6, 6.07) is 12.5. The molecule has 2 aromatic carbocycles. The van der Waals surface area contributed by atoms with E-state index in [0.29, 0.717) is 25.9 Å². The van der Waals surface area contributed by atoms with Gasteiger partial charge in [0.25, 0.3) is 0 Å². The minimum atomic E-state index is -0.279. The fraction of sp³-hybridized carbons (Fsp3) is 0.278. The Morgan fingerprint density at radius 3 is 2.33 bits per heavy atom. The van der Waals surface area contributed by atoms with Gasteiger partial charge in [0.2, 0.25) is 0 Å². The van der Waals surface area contributed by atoms with Gasteiger partial charge in [-0.15, -0.1) is 0 Å². The van der Waals surface area contributed by atoms with E-state index in [9.17, 15) is 14.3 Å². The smallest absolute Gasteiger partial charge is 0.314 e. The molecule has 0 aliphatic rings. The zero-order chi connectivity index (χ0) is 17.4. The molecule has 128 valence electrons. The monoisotopic (exact) mass is 331 g/mol. The van der Waals surface area contributed by atoms with E-state index in [-0.39, 0.29) is 23.6 Å². The van der Waals surface area contributed by atoms with Gasteiger partial charge in [0.15, 0.2) is 0 Å². The molecule has 0 aromatic heterocycles. The van der Waals surface area contributed by atoms with E-state index in [1.807, 2.05) is 0 Å². The van der Waals surface area contributed by atoms with Gasteiger partial charge in [-0.3, -0.25) is 0 Å². The maximum Gasteiger partial charge on any atom is 0.314 e. The molecule has 0 spiro atoms. The number of aromatic hydroxyl groups is 1. The van der Waals surface area contributed by atoms with Crippen LogP contribution in [0.15, 0.2) is 48.5 Å². The zero-order valence-electron chi connectivity index (χ0n) is 13.3. The van der Waals surface area contributed by atoms with Crippen LogP contribution >= 0.6 is 0 Å². The minimum absolute atomic E-state index is 0.211. The summed E-state index contributed by atoms with van der Waals surface area (Å²) in [5.74, 6) is -0.0574. The predicted octanol–water partition coefficient (Wildman–Crippen LogP) is 1.94. The summed E-state index contributed by atoms with van der Waals surface area (Å²) in [4.78, 5) is 11.7. The van der Waals surface area contributed by atoms with Crippen LogP contribution in [0.1, 0.15) is 11.1 Å². The molecule has 5 N–H and O–H groups in total. The Morgan fingerprint density at radius 2 is 1.67 bits per heavy atom. The minimum Gasteiger partial charge on any atom is -0.508 e. The molecule has 0 fully saturated rings. The summed E-state index contributed by atoms with van der Waals surface area (Å²) in [5, 5.41) is 14.7. The number of phenols is 1. The lowest BCUT2D eigenvalue weighted by Gasteiger charge is -2.13. The lowest BCUT2D eigenvalue weighted by atomic mass is 10.1. The zero-order valence-corrected chi connectivity index (χ0v) is 13.3. The van der Waals surface area contributed by atoms with Gasteiger partial charge in [0.05, 0.1) is 0 Å². The second-order valence-electron chi connectivity index (χ2n) is 5.64. The molecule has 2 aromatic rings. The maximum atomic E-state index is 12.8. The first-order valence-corrected chi connectivity index (χ1v) is 7.82. The number of hydrogen-bond donors (Lipinski definition) is 4. The molecule has 6 heteroatoms. The van der Waals surface area contributed by atoms with Crippen LogP contribution in [0.2, 0.25) is 0 Å². The largest absolute Gasteiger partial charge is 0.508 e. The van der Waals surface area contributed by atoms with E-state index in [0.717, 1.165) is 11.1 Å². The van der Waals surface area contributed by atoms with Gasteiger partial charge in [0.1, 0.15) is 11.6 Å². The van der Waals surface area contributed by atoms with Crippen LogP contribution in [0.3, 0.4) is 0 Å². The van der Waals surface area contributed by atoms with Gasteiger partial charge in [-0.1, -0.05) is 24.3 Å². The fourth-order valence-corrected chi connectivity index (χ4v) is 2.26. The standard InChI is InChI=1S/C18H22FN3O2/c19-15-5-1-13(2-6-15)9-10-21-18(24)22-12-16(20)11-14-3-7-17(23)8-4-14/h1-8,16,23H,9-12,20H2,(H2,21,22,24). The highest BCUT2D eigenvalue weighted by Gasteiger charge is 2.07. The van der Waals surface area contributed by atoms with E-state index in [1.54, 1.807) is 36.4 Å². The van der Waals surface area contributed by atoms with E-state index >= 15 is 0 Å². The third-order valence-corrected chi connectivity index (χ3v) is 3.57. The van der Waals surface area contributed by atoms with Crippen molar-refractivity contribution in [2.45, 2.75) is 18.9 Å². The number of carbonyl (C=O) groups excluding carboxylic acids is 1. The lowest BCUT2D eigenvalue weighted by Crippen LogP contribution is -2.43. The molecule has 1 unspecified atom stereocenters. The summed E-state index contributed by atoms with van der Waals surface area (Å²) in [6.45, 7) is 0.813. The van der Waals surface area contributed by atoms with Crippen LogP contribution in [0.5, 0.6) is 5.75 Å². The first-order valence-electron chi connectivity index (χ1n) is 7.82.